The lowest BCUT2D eigenvalue weighted by Crippen LogP contribution is -2.51. The van der Waals surface area contributed by atoms with Crippen LogP contribution in [0.25, 0.3) is 0 Å². The van der Waals surface area contributed by atoms with Gasteiger partial charge in [0.05, 0.1) is 0 Å². The van der Waals surface area contributed by atoms with E-state index < -0.39 is 11.8 Å². The van der Waals surface area contributed by atoms with Gasteiger partial charge in [-0.05, 0) is 13.5 Å². The van der Waals surface area contributed by atoms with Gasteiger partial charge in [0.2, 0.25) is 0 Å². The third-order valence-corrected chi connectivity index (χ3v) is 3.03. The van der Waals surface area contributed by atoms with E-state index >= 15 is 0 Å². The Hall–Kier alpha value is -0.180. The van der Waals surface area contributed by atoms with Crippen molar-refractivity contribution in [3.05, 3.63) is 0 Å². The minimum absolute atomic E-state index is 0.0150. The van der Waals surface area contributed by atoms with Crippen LogP contribution < -0.4 is 0 Å². The monoisotopic (exact) mass is 177 g/mol. The molecule has 1 saturated heterocycles. The predicted octanol–water partition coefficient (Wildman–Crippen LogP) is 2.37. The summed E-state index contributed by atoms with van der Waals surface area (Å²) in [5, 5.41) is 0. The molecule has 0 aromatic heterocycles. The summed E-state index contributed by atoms with van der Waals surface area (Å²) in [7, 11) is 1.93. The zero-order chi connectivity index (χ0) is 9.35. The van der Waals surface area contributed by atoms with Crippen LogP contribution in [0.4, 0.5) is 8.78 Å². The van der Waals surface area contributed by atoms with Crippen molar-refractivity contribution in [2.45, 2.75) is 38.7 Å². The lowest BCUT2D eigenvalue weighted by atomic mass is 9.86. The molecule has 0 aromatic carbocycles. The molecule has 0 amide bonds. The van der Waals surface area contributed by atoms with Crippen molar-refractivity contribution in [1.29, 1.82) is 0 Å². The molecule has 1 nitrogen and oxygen atoms in total. The van der Waals surface area contributed by atoms with E-state index in [0.717, 1.165) is 6.42 Å². The highest BCUT2D eigenvalue weighted by atomic mass is 19.3. The first-order valence-corrected chi connectivity index (χ1v) is 4.57. The molecule has 0 saturated carbocycles. The van der Waals surface area contributed by atoms with Gasteiger partial charge in [0.15, 0.2) is 0 Å². The number of nitrogens with zero attached hydrogens (tertiary/aromatic N) is 1. The largest absolute Gasteiger partial charge is 0.303 e. The first-order valence-electron chi connectivity index (χ1n) is 4.57. The average Bonchev–Trinajstić information content (AvgIpc) is 2.00. The fourth-order valence-corrected chi connectivity index (χ4v) is 2.05. The molecular formula is C9H17F2N. The summed E-state index contributed by atoms with van der Waals surface area (Å²) in [6.45, 7) is 4.15. The fraction of sp³-hybridized carbons (Fsp3) is 1.00. The highest BCUT2D eigenvalue weighted by molar-refractivity contribution is 4.89. The van der Waals surface area contributed by atoms with Crippen LogP contribution in [0.3, 0.4) is 0 Å². The van der Waals surface area contributed by atoms with Gasteiger partial charge in [-0.2, -0.15) is 0 Å². The van der Waals surface area contributed by atoms with Gasteiger partial charge in [0.25, 0.3) is 5.92 Å². The Balaban J connectivity index is 2.70. The lowest BCUT2D eigenvalue weighted by molar-refractivity contribution is -0.120. The van der Waals surface area contributed by atoms with Crippen molar-refractivity contribution in [3.63, 3.8) is 0 Å². The molecule has 0 aromatic rings. The maximum atomic E-state index is 13.2. The summed E-state index contributed by atoms with van der Waals surface area (Å²) >= 11 is 0. The second-order valence-electron chi connectivity index (χ2n) is 3.76. The Morgan fingerprint density at radius 1 is 1.50 bits per heavy atom. The maximum Gasteiger partial charge on any atom is 0.253 e. The number of alkyl halides is 2. The van der Waals surface area contributed by atoms with Gasteiger partial charge in [0.1, 0.15) is 0 Å². The molecule has 12 heavy (non-hydrogen) atoms. The molecule has 0 spiro atoms. The van der Waals surface area contributed by atoms with E-state index in [0.29, 0.717) is 6.54 Å². The number of piperidine rings is 1. The van der Waals surface area contributed by atoms with Crippen LogP contribution >= 0.6 is 0 Å². The molecule has 1 aliphatic heterocycles. The van der Waals surface area contributed by atoms with Crippen LogP contribution in [-0.2, 0) is 0 Å². The van der Waals surface area contributed by atoms with Crippen molar-refractivity contribution < 1.29 is 8.78 Å². The second-order valence-corrected chi connectivity index (χ2v) is 3.76. The molecule has 1 rings (SSSR count). The number of hydrogen-bond donors (Lipinski definition) is 0. The summed E-state index contributed by atoms with van der Waals surface area (Å²) in [6.07, 6.45) is 0.828. The number of likely N-dealkylation sites (tertiary alicyclic amines) is 1. The lowest BCUT2D eigenvalue weighted by Gasteiger charge is -2.41. The van der Waals surface area contributed by atoms with Crippen LogP contribution in [0.15, 0.2) is 0 Å². The van der Waals surface area contributed by atoms with Gasteiger partial charge in [-0.3, -0.25) is 0 Å². The zero-order valence-corrected chi connectivity index (χ0v) is 7.98. The number of rotatable bonds is 1. The summed E-state index contributed by atoms with van der Waals surface area (Å²) in [4.78, 5) is 2.04. The standard InChI is InChI=1S/C9H17F2N/c1-4-8-7(2)9(10,11)5-6-12(8)3/h7-8H,4-6H2,1-3H3. The minimum Gasteiger partial charge on any atom is -0.303 e. The molecule has 0 bridgehead atoms. The Labute approximate surface area is 72.7 Å². The first kappa shape index (κ1) is 9.90. The van der Waals surface area contributed by atoms with Crippen LogP contribution in [0, 0.1) is 5.92 Å². The first-order chi connectivity index (χ1) is 5.49. The van der Waals surface area contributed by atoms with E-state index in [1.807, 2.05) is 18.9 Å². The quantitative estimate of drug-likeness (QED) is 0.594. The van der Waals surface area contributed by atoms with Crippen molar-refractivity contribution in [1.82, 2.24) is 4.90 Å². The van der Waals surface area contributed by atoms with E-state index in [9.17, 15) is 8.78 Å². The highest BCUT2D eigenvalue weighted by Gasteiger charge is 2.45. The molecule has 1 aliphatic rings. The van der Waals surface area contributed by atoms with Crippen molar-refractivity contribution in [2.75, 3.05) is 13.6 Å². The van der Waals surface area contributed by atoms with Crippen molar-refractivity contribution in [3.8, 4) is 0 Å². The van der Waals surface area contributed by atoms with Gasteiger partial charge in [-0.15, -0.1) is 0 Å². The van der Waals surface area contributed by atoms with Crippen molar-refractivity contribution in [2.24, 2.45) is 5.92 Å². The Bertz CT molecular complexity index is 159. The third-order valence-electron chi connectivity index (χ3n) is 3.03. The van der Waals surface area contributed by atoms with E-state index in [-0.39, 0.29) is 12.5 Å². The van der Waals surface area contributed by atoms with Crippen LogP contribution in [0.5, 0.6) is 0 Å². The topological polar surface area (TPSA) is 3.24 Å². The van der Waals surface area contributed by atoms with Gasteiger partial charge in [-0.25, -0.2) is 8.78 Å². The highest BCUT2D eigenvalue weighted by Crippen LogP contribution is 2.37. The van der Waals surface area contributed by atoms with Crippen LogP contribution in [0.2, 0.25) is 0 Å². The second kappa shape index (κ2) is 3.29. The molecule has 0 N–H and O–H groups in total. The van der Waals surface area contributed by atoms with Gasteiger partial charge >= 0.3 is 0 Å². The zero-order valence-electron chi connectivity index (χ0n) is 7.98. The summed E-state index contributed by atoms with van der Waals surface area (Å²) in [5.41, 5.74) is 0. The van der Waals surface area contributed by atoms with Gasteiger partial charge in [-0.1, -0.05) is 13.8 Å². The van der Waals surface area contributed by atoms with E-state index in [1.54, 1.807) is 6.92 Å². The molecule has 1 fully saturated rings. The maximum absolute atomic E-state index is 13.2. The molecule has 1 heterocycles. The minimum atomic E-state index is -2.45. The Morgan fingerprint density at radius 2 is 2.08 bits per heavy atom. The number of halogens is 2. The van der Waals surface area contributed by atoms with E-state index in [1.165, 1.54) is 0 Å². The third kappa shape index (κ3) is 1.60. The predicted molar refractivity (Wildman–Crippen MR) is 45.4 cm³/mol. The molecule has 0 aliphatic carbocycles. The van der Waals surface area contributed by atoms with E-state index in [4.69, 9.17) is 0 Å². The SMILES string of the molecule is CCC1C(C)C(F)(F)CCN1C. The summed E-state index contributed by atoms with van der Waals surface area (Å²) in [5.74, 6) is -2.95. The summed E-state index contributed by atoms with van der Waals surface area (Å²) < 4.78 is 26.4. The fourth-order valence-electron chi connectivity index (χ4n) is 2.05. The van der Waals surface area contributed by atoms with Crippen molar-refractivity contribution >= 4 is 0 Å². The van der Waals surface area contributed by atoms with Gasteiger partial charge in [0, 0.05) is 24.9 Å². The van der Waals surface area contributed by atoms with E-state index in [2.05, 4.69) is 0 Å². The molecule has 2 unspecified atom stereocenters. The molecule has 72 valence electrons. The molecule has 2 atom stereocenters. The van der Waals surface area contributed by atoms with Gasteiger partial charge < -0.3 is 4.90 Å². The number of hydrogen-bond acceptors (Lipinski definition) is 1. The Kier molecular flexibility index (Phi) is 2.71. The Morgan fingerprint density at radius 3 is 2.50 bits per heavy atom. The molecule has 3 heteroatoms. The summed E-state index contributed by atoms with van der Waals surface area (Å²) in [6, 6.07) is 0.0498. The molecule has 0 radical (unpaired) electrons. The van der Waals surface area contributed by atoms with Crippen LogP contribution in [0.1, 0.15) is 26.7 Å². The molecular weight excluding hydrogens is 160 g/mol. The smallest absolute Gasteiger partial charge is 0.253 e. The van der Waals surface area contributed by atoms with Crippen LogP contribution in [-0.4, -0.2) is 30.5 Å². The average molecular weight is 177 g/mol. The normalized spacial score (nSPS) is 36.8.